The molecule has 0 fully saturated rings. The van der Waals surface area contributed by atoms with Gasteiger partial charge in [-0.1, -0.05) is 12.1 Å². The van der Waals surface area contributed by atoms with Crippen LogP contribution >= 0.6 is 0 Å². The maximum atomic E-state index is 11.0. The van der Waals surface area contributed by atoms with Gasteiger partial charge in [0, 0.05) is 43.6 Å². The molecule has 1 N–H and O–H groups in total. The Kier molecular flexibility index (Phi) is 4.38. The van der Waals surface area contributed by atoms with Crippen molar-refractivity contribution in [2.24, 2.45) is 0 Å². The van der Waals surface area contributed by atoms with Crippen molar-refractivity contribution in [1.82, 2.24) is 20.1 Å². The van der Waals surface area contributed by atoms with Crippen LogP contribution in [-0.4, -0.2) is 26.2 Å². The SMILES string of the molecule is Cc1c([C@H](C)NCCc2nnc3n2CCC3)cccc1[N+](=O)[O-]. The van der Waals surface area contributed by atoms with Crippen LogP contribution in [0.3, 0.4) is 0 Å². The van der Waals surface area contributed by atoms with E-state index in [1.807, 2.05) is 13.0 Å². The lowest BCUT2D eigenvalue weighted by atomic mass is 10.0. The van der Waals surface area contributed by atoms with Crippen LogP contribution in [0.1, 0.15) is 42.2 Å². The summed E-state index contributed by atoms with van der Waals surface area (Å²) in [5.74, 6) is 2.11. The minimum atomic E-state index is -0.328. The van der Waals surface area contributed by atoms with Gasteiger partial charge in [0.15, 0.2) is 0 Å². The van der Waals surface area contributed by atoms with E-state index in [1.165, 1.54) is 0 Å². The van der Waals surface area contributed by atoms with Gasteiger partial charge in [0.25, 0.3) is 5.69 Å². The lowest BCUT2D eigenvalue weighted by Gasteiger charge is -2.16. The summed E-state index contributed by atoms with van der Waals surface area (Å²) in [5, 5.41) is 22.9. The summed E-state index contributed by atoms with van der Waals surface area (Å²) in [6, 6.07) is 5.28. The average molecular weight is 315 g/mol. The quantitative estimate of drug-likeness (QED) is 0.653. The Morgan fingerprint density at radius 2 is 2.26 bits per heavy atom. The molecule has 7 nitrogen and oxygen atoms in total. The Morgan fingerprint density at radius 1 is 1.43 bits per heavy atom. The van der Waals surface area contributed by atoms with Gasteiger partial charge in [-0.15, -0.1) is 10.2 Å². The largest absolute Gasteiger partial charge is 0.315 e. The number of nitrogens with one attached hydrogen (secondary N) is 1. The third-order valence-corrected chi connectivity index (χ3v) is 4.50. The Bertz CT molecular complexity index is 725. The lowest BCUT2D eigenvalue weighted by Crippen LogP contribution is -2.23. The summed E-state index contributed by atoms with van der Waals surface area (Å²) < 4.78 is 2.20. The number of hydrogen-bond donors (Lipinski definition) is 1. The minimum absolute atomic E-state index is 0.0517. The Labute approximate surface area is 134 Å². The predicted octanol–water partition coefficient (Wildman–Crippen LogP) is 2.33. The number of nitro benzene ring substituents is 1. The molecule has 1 aliphatic heterocycles. The highest BCUT2D eigenvalue weighted by Crippen LogP contribution is 2.25. The molecule has 0 aliphatic carbocycles. The smallest absolute Gasteiger partial charge is 0.272 e. The Hall–Kier alpha value is -2.28. The molecule has 1 aliphatic rings. The first kappa shape index (κ1) is 15.6. The molecule has 0 spiro atoms. The van der Waals surface area contributed by atoms with Gasteiger partial charge < -0.3 is 9.88 Å². The van der Waals surface area contributed by atoms with Gasteiger partial charge >= 0.3 is 0 Å². The summed E-state index contributed by atoms with van der Waals surface area (Å²) >= 11 is 0. The highest BCUT2D eigenvalue weighted by atomic mass is 16.6. The van der Waals surface area contributed by atoms with E-state index in [4.69, 9.17) is 0 Å². The van der Waals surface area contributed by atoms with Crippen molar-refractivity contribution in [2.45, 2.75) is 45.7 Å². The molecule has 0 bridgehead atoms. The van der Waals surface area contributed by atoms with Crippen LogP contribution in [0.2, 0.25) is 0 Å². The molecule has 3 rings (SSSR count). The molecule has 0 amide bonds. The molecule has 0 saturated heterocycles. The summed E-state index contributed by atoms with van der Waals surface area (Å²) in [5.41, 5.74) is 1.86. The molecule has 1 atom stereocenters. The van der Waals surface area contributed by atoms with Gasteiger partial charge in [0.05, 0.1) is 4.92 Å². The topological polar surface area (TPSA) is 85.9 Å². The van der Waals surface area contributed by atoms with Crippen molar-refractivity contribution in [3.63, 3.8) is 0 Å². The summed E-state index contributed by atoms with van der Waals surface area (Å²) in [6.45, 7) is 5.61. The van der Waals surface area contributed by atoms with E-state index in [0.29, 0.717) is 0 Å². The second kappa shape index (κ2) is 6.45. The Morgan fingerprint density at radius 3 is 3.04 bits per heavy atom. The molecule has 0 radical (unpaired) electrons. The van der Waals surface area contributed by atoms with Crippen LogP contribution in [0.5, 0.6) is 0 Å². The van der Waals surface area contributed by atoms with E-state index >= 15 is 0 Å². The average Bonchev–Trinajstić information content (AvgIpc) is 3.11. The second-order valence-electron chi connectivity index (χ2n) is 5.96. The predicted molar refractivity (Wildman–Crippen MR) is 86.3 cm³/mol. The zero-order valence-electron chi connectivity index (χ0n) is 13.5. The van der Waals surface area contributed by atoms with E-state index in [1.54, 1.807) is 19.1 Å². The first-order valence-electron chi connectivity index (χ1n) is 7.96. The molecular formula is C16H21N5O2. The van der Waals surface area contributed by atoms with Crippen LogP contribution in [-0.2, 0) is 19.4 Å². The highest BCUT2D eigenvalue weighted by molar-refractivity contribution is 5.45. The van der Waals surface area contributed by atoms with Crippen LogP contribution in [0.25, 0.3) is 0 Å². The number of benzene rings is 1. The molecule has 122 valence electrons. The van der Waals surface area contributed by atoms with E-state index in [0.717, 1.165) is 55.1 Å². The van der Waals surface area contributed by atoms with Crippen molar-refractivity contribution >= 4 is 5.69 Å². The van der Waals surface area contributed by atoms with Crippen molar-refractivity contribution in [2.75, 3.05) is 6.54 Å². The molecule has 2 heterocycles. The van der Waals surface area contributed by atoms with Gasteiger partial charge in [0.2, 0.25) is 0 Å². The van der Waals surface area contributed by atoms with Crippen LogP contribution in [0, 0.1) is 17.0 Å². The van der Waals surface area contributed by atoms with Gasteiger partial charge in [-0.05, 0) is 25.8 Å². The number of nitrogens with zero attached hydrogens (tertiary/aromatic N) is 4. The Balaban J connectivity index is 1.62. The zero-order valence-corrected chi connectivity index (χ0v) is 13.5. The summed E-state index contributed by atoms with van der Waals surface area (Å²) in [4.78, 5) is 10.7. The van der Waals surface area contributed by atoms with E-state index in [9.17, 15) is 10.1 Å². The third kappa shape index (κ3) is 3.10. The van der Waals surface area contributed by atoms with Gasteiger partial charge in [0.1, 0.15) is 11.6 Å². The fourth-order valence-electron chi connectivity index (χ4n) is 3.21. The van der Waals surface area contributed by atoms with Gasteiger partial charge in [-0.2, -0.15) is 0 Å². The molecular weight excluding hydrogens is 294 g/mol. The number of fused-ring (bicyclic) bond motifs is 1. The number of aromatic nitrogens is 3. The maximum absolute atomic E-state index is 11.0. The summed E-state index contributed by atoms with van der Waals surface area (Å²) in [7, 11) is 0. The molecule has 1 aromatic carbocycles. The van der Waals surface area contributed by atoms with Crippen LogP contribution < -0.4 is 5.32 Å². The zero-order chi connectivity index (χ0) is 16.4. The number of aryl methyl sites for hydroxylation is 1. The first-order chi connectivity index (χ1) is 11.1. The van der Waals surface area contributed by atoms with Gasteiger partial charge in [-0.25, -0.2) is 0 Å². The third-order valence-electron chi connectivity index (χ3n) is 4.50. The molecule has 23 heavy (non-hydrogen) atoms. The van der Waals surface area contributed by atoms with Crippen molar-refractivity contribution in [3.05, 3.63) is 51.1 Å². The van der Waals surface area contributed by atoms with Crippen molar-refractivity contribution in [1.29, 1.82) is 0 Å². The number of rotatable bonds is 6. The fraction of sp³-hybridized carbons (Fsp3) is 0.500. The normalized spacial score (nSPS) is 14.7. The van der Waals surface area contributed by atoms with Crippen molar-refractivity contribution < 1.29 is 4.92 Å². The molecule has 0 saturated carbocycles. The highest BCUT2D eigenvalue weighted by Gasteiger charge is 2.19. The van der Waals surface area contributed by atoms with Crippen molar-refractivity contribution in [3.8, 4) is 0 Å². The van der Waals surface area contributed by atoms with Crippen LogP contribution in [0.15, 0.2) is 18.2 Å². The molecule has 7 heteroatoms. The lowest BCUT2D eigenvalue weighted by molar-refractivity contribution is -0.385. The standard InChI is InChI=1S/C16H21N5O2/c1-11-13(5-3-6-14(11)21(22)23)12(2)17-9-8-16-19-18-15-7-4-10-20(15)16/h3,5-6,12,17H,4,7-10H2,1-2H3/t12-/m0/s1. The molecule has 0 unspecified atom stereocenters. The van der Waals surface area contributed by atoms with E-state index in [2.05, 4.69) is 20.1 Å². The fourth-order valence-corrected chi connectivity index (χ4v) is 3.21. The monoisotopic (exact) mass is 315 g/mol. The summed E-state index contributed by atoms with van der Waals surface area (Å²) in [6.07, 6.45) is 2.98. The van der Waals surface area contributed by atoms with Gasteiger partial charge in [-0.3, -0.25) is 10.1 Å². The molecule has 2 aromatic rings. The van der Waals surface area contributed by atoms with E-state index < -0.39 is 0 Å². The maximum Gasteiger partial charge on any atom is 0.272 e. The second-order valence-corrected chi connectivity index (χ2v) is 5.96. The molecule has 1 aromatic heterocycles. The minimum Gasteiger partial charge on any atom is -0.315 e. The number of nitro groups is 1. The van der Waals surface area contributed by atoms with E-state index in [-0.39, 0.29) is 16.7 Å². The van der Waals surface area contributed by atoms with Crippen LogP contribution in [0.4, 0.5) is 5.69 Å². The number of hydrogen-bond acceptors (Lipinski definition) is 5. The first-order valence-corrected chi connectivity index (χ1v) is 7.96.